The fourth-order valence-electron chi connectivity index (χ4n) is 4.39. The van der Waals surface area contributed by atoms with Gasteiger partial charge in [0.2, 0.25) is 11.8 Å². The van der Waals surface area contributed by atoms with Gasteiger partial charge in [0.25, 0.3) is 5.91 Å². The Morgan fingerprint density at radius 1 is 1.13 bits per heavy atom. The summed E-state index contributed by atoms with van der Waals surface area (Å²) in [4.78, 5) is 41.5. The molecule has 162 valence electrons. The van der Waals surface area contributed by atoms with E-state index in [1.807, 2.05) is 35.2 Å². The van der Waals surface area contributed by atoms with E-state index < -0.39 is 5.54 Å². The lowest BCUT2D eigenvalue weighted by molar-refractivity contribution is -0.137. The first kappa shape index (κ1) is 21.1. The van der Waals surface area contributed by atoms with Crippen molar-refractivity contribution in [2.24, 2.45) is 0 Å². The Balaban J connectivity index is 1.59. The second-order valence-electron chi connectivity index (χ2n) is 8.23. The first-order chi connectivity index (χ1) is 15.0. The van der Waals surface area contributed by atoms with Crippen LogP contribution >= 0.6 is 0 Å². The standard InChI is InChI=1S/C24H27N3O4/c1-18(28)25-21-9-5-8-20(14-21)23(30)26-12-10-22(29)27(15-19-6-3-2-4-7-19)24(16-26)11-13-31-17-24/h2-9,14H,10-13,15-17H2,1H3,(H,25,28). The molecule has 2 aromatic carbocycles. The molecule has 2 aliphatic heterocycles. The molecule has 1 unspecified atom stereocenters. The molecule has 4 rings (SSSR count). The van der Waals surface area contributed by atoms with Crippen LogP contribution in [0.1, 0.15) is 35.7 Å². The van der Waals surface area contributed by atoms with Crippen LogP contribution in [0, 0.1) is 0 Å². The van der Waals surface area contributed by atoms with Gasteiger partial charge in [-0.2, -0.15) is 0 Å². The maximum atomic E-state index is 13.3. The summed E-state index contributed by atoms with van der Waals surface area (Å²) in [6, 6.07) is 16.8. The SMILES string of the molecule is CC(=O)Nc1cccc(C(=O)N2CCC(=O)N(Cc3ccccc3)C3(CCOC3)C2)c1. The quantitative estimate of drug-likeness (QED) is 0.823. The fraction of sp³-hybridized carbons (Fsp3) is 0.375. The normalized spacial score (nSPS) is 21.3. The van der Waals surface area contributed by atoms with Crippen LogP contribution in [-0.2, 0) is 20.9 Å². The van der Waals surface area contributed by atoms with Gasteiger partial charge >= 0.3 is 0 Å². The van der Waals surface area contributed by atoms with Gasteiger partial charge in [0, 0.05) is 50.8 Å². The predicted octanol–water partition coefficient (Wildman–Crippen LogP) is 2.68. The third-order valence-electron chi connectivity index (χ3n) is 5.94. The second-order valence-corrected chi connectivity index (χ2v) is 8.23. The first-order valence-electron chi connectivity index (χ1n) is 10.6. The minimum Gasteiger partial charge on any atom is -0.379 e. The van der Waals surface area contributed by atoms with Gasteiger partial charge in [-0.15, -0.1) is 0 Å². The van der Waals surface area contributed by atoms with E-state index in [4.69, 9.17) is 4.74 Å². The third-order valence-corrected chi connectivity index (χ3v) is 5.94. The molecule has 2 aromatic rings. The highest BCUT2D eigenvalue weighted by molar-refractivity contribution is 5.97. The lowest BCUT2D eigenvalue weighted by Crippen LogP contribution is -2.56. The average Bonchev–Trinajstić information content (AvgIpc) is 3.19. The number of hydrogen-bond acceptors (Lipinski definition) is 4. The van der Waals surface area contributed by atoms with Crippen molar-refractivity contribution < 1.29 is 19.1 Å². The molecule has 0 aliphatic carbocycles. The molecule has 3 amide bonds. The molecule has 2 aliphatic rings. The summed E-state index contributed by atoms with van der Waals surface area (Å²) in [6.45, 7) is 3.70. The number of anilines is 1. The van der Waals surface area contributed by atoms with Crippen molar-refractivity contribution in [3.8, 4) is 0 Å². The highest BCUT2D eigenvalue weighted by atomic mass is 16.5. The second kappa shape index (κ2) is 8.89. The molecule has 0 bridgehead atoms. The molecule has 0 aromatic heterocycles. The van der Waals surface area contributed by atoms with Crippen molar-refractivity contribution in [3.63, 3.8) is 0 Å². The van der Waals surface area contributed by atoms with E-state index >= 15 is 0 Å². The molecular weight excluding hydrogens is 394 g/mol. The van der Waals surface area contributed by atoms with E-state index in [2.05, 4.69) is 5.32 Å². The van der Waals surface area contributed by atoms with E-state index in [0.29, 0.717) is 50.5 Å². The van der Waals surface area contributed by atoms with Crippen LogP contribution in [0.15, 0.2) is 54.6 Å². The van der Waals surface area contributed by atoms with Gasteiger partial charge in [-0.25, -0.2) is 0 Å². The number of nitrogens with one attached hydrogen (secondary N) is 1. The largest absolute Gasteiger partial charge is 0.379 e. The molecule has 7 heteroatoms. The summed E-state index contributed by atoms with van der Waals surface area (Å²) in [7, 11) is 0. The zero-order valence-corrected chi connectivity index (χ0v) is 17.7. The number of hydrogen-bond donors (Lipinski definition) is 1. The molecule has 2 heterocycles. The highest BCUT2D eigenvalue weighted by Crippen LogP contribution is 2.32. The number of rotatable bonds is 4. The lowest BCUT2D eigenvalue weighted by atomic mass is 9.94. The molecule has 1 spiro atoms. The van der Waals surface area contributed by atoms with Crippen LogP contribution in [0.2, 0.25) is 0 Å². The number of carbonyl (C=O) groups is 3. The molecule has 1 atom stereocenters. The maximum absolute atomic E-state index is 13.3. The van der Waals surface area contributed by atoms with Gasteiger partial charge in [0.05, 0.1) is 12.1 Å². The Morgan fingerprint density at radius 3 is 2.65 bits per heavy atom. The number of ether oxygens (including phenoxy) is 1. The van der Waals surface area contributed by atoms with Crippen LogP contribution in [0.25, 0.3) is 0 Å². The zero-order valence-electron chi connectivity index (χ0n) is 17.7. The van der Waals surface area contributed by atoms with Crippen molar-refractivity contribution in [3.05, 3.63) is 65.7 Å². The fourth-order valence-corrected chi connectivity index (χ4v) is 4.39. The van der Waals surface area contributed by atoms with Gasteiger partial charge in [0.15, 0.2) is 0 Å². The molecule has 7 nitrogen and oxygen atoms in total. The molecular formula is C24H27N3O4. The summed E-state index contributed by atoms with van der Waals surface area (Å²) in [5, 5.41) is 2.71. The van der Waals surface area contributed by atoms with Crippen molar-refractivity contribution in [1.29, 1.82) is 0 Å². The monoisotopic (exact) mass is 421 g/mol. The summed E-state index contributed by atoms with van der Waals surface area (Å²) >= 11 is 0. The number of carbonyl (C=O) groups excluding carboxylic acids is 3. The summed E-state index contributed by atoms with van der Waals surface area (Å²) in [6.07, 6.45) is 0.965. The minimum absolute atomic E-state index is 0.0386. The van der Waals surface area contributed by atoms with Gasteiger partial charge < -0.3 is 19.9 Å². The molecule has 2 fully saturated rings. The van der Waals surface area contributed by atoms with E-state index in [-0.39, 0.29) is 24.1 Å². The summed E-state index contributed by atoms with van der Waals surface area (Å²) in [5.41, 5.74) is 1.59. The number of nitrogens with zero attached hydrogens (tertiary/aromatic N) is 2. The Morgan fingerprint density at radius 2 is 1.94 bits per heavy atom. The molecule has 31 heavy (non-hydrogen) atoms. The van der Waals surface area contributed by atoms with Crippen LogP contribution in [0.3, 0.4) is 0 Å². The molecule has 1 N–H and O–H groups in total. The van der Waals surface area contributed by atoms with Crippen LogP contribution in [0.5, 0.6) is 0 Å². The minimum atomic E-state index is -0.533. The third kappa shape index (κ3) is 4.61. The van der Waals surface area contributed by atoms with E-state index in [1.54, 1.807) is 29.2 Å². The van der Waals surface area contributed by atoms with Crippen molar-refractivity contribution in [1.82, 2.24) is 9.80 Å². The van der Waals surface area contributed by atoms with Gasteiger partial charge in [-0.05, 0) is 30.2 Å². The van der Waals surface area contributed by atoms with E-state index in [0.717, 1.165) is 5.56 Å². The van der Waals surface area contributed by atoms with Crippen LogP contribution in [-0.4, -0.2) is 59.4 Å². The van der Waals surface area contributed by atoms with Gasteiger partial charge in [-0.3, -0.25) is 14.4 Å². The van der Waals surface area contributed by atoms with Crippen molar-refractivity contribution >= 4 is 23.4 Å². The van der Waals surface area contributed by atoms with Crippen LogP contribution in [0.4, 0.5) is 5.69 Å². The summed E-state index contributed by atoms with van der Waals surface area (Å²) in [5.74, 6) is -0.298. The lowest BCUT2D eigenvalue weighted by Gasteiger charge is -2.40. The number of amides is 3. The Bertz CT molecular complexity index is 970. The van der Waals surface area contributed by atoms with Crippen molar-refractivity contribution in [2.75, 3.05) is 31.6 Å². The first-order valence-corrected chi connectivity index (χ1v) is 10.6. The predicted molar refractivity (Wildman–Crippen MR) is 116 cm³/mol. The summed E-state index contributed by atoms with van der Waals surface area (Å²) < 4.78 is 5.73. The zero-order chi connectivity index (χ0) is 21.8. The van der Waals surface area contributed by atoms with E-state index in [9.17, 15) is 14.4 Å². The molecule has 0 radical (unpaired) electrons. The Labute approximate surface area is 182 Å². The highest BCUT2D eigenvalue weighted by Gasteiger charge is 2.47. The maximum Gasteiger partial charge on any atom is 0.254 e. The number of benzene rings is 2. The van der Waals surface area contributed by atoms with Crippen molar-refractivity contribution in [2.45, 2.75) is 31.8 Å². The Hall–Kier alpha value is -3.19. The van der Waals surface area contributed by atoms with Crippen LogP contribution < -0.4 is 5.32 Å². The average molecular weight is 421 g/mol. The topological polar surface area (TPSA) is 79.0 Å². The van der Waals surface area contributed by atoms with Gasteiger partial charge in [-0.1, -0.05) is 36.4 Å². The Kier molecular flexibility index (Phi) is 6.04. The molecule has 0 saturated carbocycles. The smallest absolute Gasteiger partial charge is 0.254 e. The van der Waals surface area contributed by atoms with Gasteiger partial charge in [0.1, 0.15) is 0 Å². The molecule has 2 saturated heterocycles. The van der Waals surface area contributed by atoms with E-state index in [1.165, 1.54) is 6.92 Å².